The third-order valence-electron chi connectivity index (χ3n) is 4.02. The smallest absolute Gasteiger partial charge is 0.162 e. The molecule has 1 aromatic rings. The SMILES string of the molecule is NC(C=Cc1ccc(F)cc1CCCN1CCCCC1)=NO. The van der Waals surface area contributed by atoms with E-state index in [1.165, 1.54) is 44.5 Å². The minimum absolute atomic E-state index is 0.0311. The van der Waals surface area contributed by atoms with Crippen LogP contribution in [0.2, 0.25) is 0 Å². The van der Waals surface area contributed by atoms with Gasteiger partial charge in [-0.2, -0.15) is 0 Å². The predicted octanol–water partition coefficient (Wildman–Crippen LogP) is 3.00. The van der Waals surface area contributed by atoms with Crippen molar-refractivity contribution < 1.29 is 9.60 Å². The van der Waals surface area contributed by atoms with Crippen molar-refractivity contribution in [1.82, 2.24) is 4.90 Å². The van der Waals surface area contributed by atoms with E-state index in [2.05, 4.69) is 10.1 Å². The quantitative estimate of drug-likeness (QED) is 0.367. The summed E-state index contributed by atoms with van der Waals surface area (Å²) in [4.78, 5) is 2.48. The topological polar surface area (TPSA) is 61.8 Å². The number of aryl methyl sites for hydroxylation is 1. The average Bonchev–Trinajstić information content (AvgIpc) is 2.54. The fraction of sp³-hybridized carbons (Fsp3) is 0.471. The van der Waals surface area contributed by atoms with Crippen LogP contribution >= 0.6 is 0 Å². The number of hydrogen-bond acceptors (Lipinski definition) is 3. The van der Waals surface area contributed by atoms with E-state index in [0.29, 0.717) is 0 Å². The van der Waals surface area contributed by atoms with Crippen molar-refractivity contribution in [2.24, 2.45) is 10.9 Å². The Hall–Kier alpha value is -1.88. The van der Waals surface area contributed by atoms with Gasteiger partial charge in [-0.05, 0) is 74.7 Å². The number of piperidine rings is 1. The van der Waals surface area contributed by atoms with Crippen LogP contribution in [0.3, 0.4) is 0 Å². The van der Waals surface area contributed by atoms with Crippen molar-refractivity contribution in [3.63, 3.8) is 0 Å². The Kier molecular flexibility index (Phi) is 6.40. The van der Waals surface area contributed by atoms with E-state index in [-0.39, 0.29) is 11.7 Å². The molecule has 120 valence electrons. The summed E-state index contributed by atoms with van der Waals surface area (Å²) in [6, 6.07) is 4.73. The first kappa shape index (κ1) is 16.5. The molecule has 0 bridgehead atoms. The molecule has 0 amide bonds. The average molecular weight is 305 g/mol. The molecule has 0 aliphatic carbocycles. The van der Waals surface area contributed by atoms with E-state index in [1.54, 1.807) is 18.2 Å². The minimum atomic E-state index is -0.228. The highest BCUT2D eigenvalue weighted by Crippen LogP contribution is 2.16. The standard InChI is InChI=1S/C17H24FN3O/c18-16-8-6-14(7-9-17(19)20-22)15(13-16)5-4-12-21-10-2-1-3-11-21/h6-9,13,22H,1-5,10-12H2,(H2,19,20). The van der Waals surface area contributed by atoms with Crippen molar-refractivity contribution in [1.29, 1.82) is 0 Å². The van der Waals surface area contributed by atoms with Gasteiger partial charge in [0.1, 0.15) is 5.82 Å². The summed E-state index contributed by atoms with van der Waals surface area (Å²) in [6.07, 6.45) is 9.01. The summed E-state index contributed by atoms with van der Waals surface area (Å²) >= 11 is 0. The first-order valence-corrected chi connectivity index (χ1v) is 7.85. The molecule has 1 aliphatic rings. The zero-order valence-electron chi connectivity index (χ0n) is 12.8. The fourth-order valence-electron chi connectivity index (χ4n) is 2.84. The Morgan fingerprint density at radius 1 is 1.32 bits per heavy atom. The van der Waals surface area contributed by atoms with E-state index in [0.717, 1.165) is 30.5 Å². The second-order valence-electron chi connectivity index (χ2n) is 5.71. The first-order valence-electron chi connectivity index (χ1n) is 7.85. The maximum atomic E-state index is 13.5. The Balaban J connectivity index is 1.96. The molecule has 22 heavy (non-hydrogen) atoms. The molecule has 5 heteroatoms. The monoisotopic (exact) mass is 305 g/mol. The summed E-state index contributed by atoms with van der Waals surface area (Å²) < 4.78 is 13.5. The molecule has 1 fully saturated rings. The van der Waals surface area contributed by atoms with Gasteiger partial charge in [0, 0.05) is 0 Å². The molecule has 2 rings (SSSR count). The van der Waals surface area contributed by atoms with Crippen LogP contribution in [0.25, 0.3) is 6.08 Å². The highest BCUT2D eigenvalue weighted by atomic mass is 19.1. The van der Waals surface area contributed by atoms with E-state index < -0.39 is 0 Å². The predicted molar refractivity (Wildman–Crippen MR) is 87.5 cm³/mol. The summed E-state index contributed by atoms with van der Waals surface area (Å²) in [5, 5.41) is 11.5. The third kappa shape index (κ3) is 5.15. The molecular formula is C17H24FN3O. The Morgan fingerprint density at radius 2 is 2.09 bits per heavy atom. The van der Waals surface area contributed by atoms with E-state index >= 15 is 0 Å². The minimum Gasteiger partial charge on any atom is -0.409 e. The van der Waals surface area contributed by atoms with Crippen molar-refractivity contribution in [3.05, 3.63) is 41.2 Å². The number of nitrogens with zero attached hydrogens (tertiary/aromatic N) is 2. The lowest BCUT2D eigenvalue weighted by Crippen LogP contribution is -2.30. The zero-order valence-corrected chi connectivity index (χ0v) is 12.8. The summed E-state index contributed by atoms with van der Waals surface area (Å²) in [6.45, 7) is 3.42. The number of oxime groups is 1. The second-order valence-corrected chi connectivity index (χ2v) is 5.71. The molecule has 1 aromatic carbocycles. The number of rotatable bonds is 6. The second kappa shape index (κ2) is 8.54. The highest BCUT2D eigenvalue weighted by molar-refractivity contribution is 5.94. The molecule has 0 radical (unpaired) electrons. The van der Waals surface area contributed by atoms with Crippen molar-refractivity contribution in [3.8, 4) is 0 Å². The van der Waals surface area contributed by atoms with Crippen LogP contribution in [0.5, 0.6) is 0 Å². The molecule has 0 aromatic heterocycles. The molecule has 0 unspecified atom stereocenters. The van der Waals surface area contributed by atoms with Gasteiger partial charge in [-0.25, -0.2) is 4.39 Å². The van der Waals surface area contributed by atoms with Gasteiger partial charge in [0.05, 0.1) is 0 Å². The summed E-state index contributed by atoms with van der Waals surface area (Å²) in [5.41, 5.74) is 7.30. The van der Waals surface area contributed by atoms with Crippen LogP contribution in [0.15, 0.2) is 29.4 Å². The number of likely N-dealkylation sites (tertiary alicyclic amines) is 1. The van der Waals surface area contributed by atoms with Gasteiger partial charge in [-0.15, -0.1) is 0 Å². The molecule has 1 aliphatic heterocycles. The number of benzene rings is 1. The van der Waals surface area contributed by atoms with Crippen molar-refractivity contribution >= 4 is 11.9 Å². The maximum Gasteiger partial charge on any atom is 0.162 e. The third-order valence-corrected chi connectivity index (χ3v) is 4.02. The van der Waals surface area contributed by atoms with Gasteiger partial charge < -0.3 is 15.8 Å². The Bertz CT molecular complexity index is 537. The largest absolute Gasteiger partial charge is 0.409 e. The molecule has 0 atom stereocenters. The number of nitrogens with two attached hydrogens (primary N) is 1. The first-order chi connectivity index (χ1) is 10.7. The van der Waals surface area contributed by atoms with Gasteiger partial charge in [-0.3, -0.25) is 0 Å². The molecule has 3 N–H and O–H groups in total. The van der Waals surface area contributed by atoms with Crippen LogP contribution in [0, 0.1) is 5.82 Å². The lowest BCUT2D eigenvalue weighted by atomic mass is 10.0. The van der Waals surface area contributed by atoms with Gasteiger partial charge in [0.25, 0.3) is 0 Å². The Labute approximate surface area is 131 Å². The van der Waals surface area contributed by atoms with Gasteiger partial charge >= 0.3 is 0 Å². The lowest BCUT2D eigenvalue weighted by Gasteiger charge is -2.26. The molecule has 4 nitrogen and oxygen atoms in total. The highest BCUT2D eigenvalue weighted by Gasteiger charge is 2.10. The fourth-order valence-corrected chi connectivity index (χ4v) is 2.84. The van der Waals surface area contributed by atoms with E-state index in [1.807, 2.05) is 0 Å². The lowest BCUT2D eigenvalue weighted by molar-refractivity contribution is 0.226. The van der Waals surface area contributed by atoms with Crippen molar-refractivity contribution in [2.75, 3.05) is 19.6 Å². The number of hydrogen-bond donors (Lipinski definition) is 2. The molecule has 1 heterocycles. The van der Waals surface area contributed by atoms with E-state index in [4.69, 9.17) is 10.9 Å². The molecular weight excluding hydrogens is 281 g/mol. The number of amidine groups is 1. The van der Waals surface area contributed by atoms with Crippen LogP contribution < -0.4 is 5.73 Å². The van der Waals surface area contributed by atoms with Crippen molar-refractivity contribution in [2.45, 2.75) is 32.1 Å². The van der Waals surface area contributed by atoms with E-state index in [9.17, 15) is 4.39 Å². The van der Waals surface area contributed by atoms with Gasteiger partial charge in [0.15, 0.2) is 5.84 Å². The maximum absolute atomic E-state index is 13.5. The summed E-state index contributed by atoms with van der Waals surface area (Å²) in [5.74, 6) is -0.197. The van der Waals surface area contributed by atoms with Crippen LogP contribution in [-0.2, 0) is 6.42 Å². The number of halogens is 1. The molecule has 1 saturated heterocycles. The molecule has 0 saturated carbocycles. The van der Waals surface area contributed by atoms with Gasteiger partial charge in [0.2, 0.25) is 0 Å². The zero-order chi connectivity index (χ0) is 15.8. The van der Waals surface area contributed by atoms with Gasteiger partial charge in [-0.1, -0.05) is 23.7 Å². The van der Waals surface area contributed by atoms with Crippen LogP contribution in [0.1, 0.15) is 36.8 Å². The molecule has 0 spiro atoms. The van der Waals surface area contributed by atoms with Crippen LogP contribution in [-0.4, -0.2) is 35.6 Å². The summed E-state index contributed by atoms with van der Waals surface area (Å²) in [7, 11) is 0. The normalized spacial score (nSPS) is 17.2. The Morgan fingerprint density at radius 3 is 2.82 bits per heavy atom. The van der Waals surface area contributed by atoms with Crippen LogP contribution in [0.4, 0.5) is 4.39 Å².